The fraction of sp³-hybridized carbons (Fsp3) is 0.273. The lowest BCUT2D eigenvalue weighted by Gasteiger charge is -2.21. The van der Waals surface area contributed by atoms with Gasteiger partial charge in [0.2, 0.25) is 0 Å². The summed E-state index contributed by atoms with van der Waals surface area (Å²) in [6.45, 7) is 6.66. The maximum atomic E-state index is 6.24. The van der Waals surface area contributed by atoms with Crippen molar-refractivity contribution in [3.05, 3.63) is 107 Å². The van der Waals surface area contributed by atoms with Crippen LogP contribution in [0.15, 0.2) is 84.9 Å². The Morgan fingerprint density at radius 2 is 0.973 bits per heavy atom. The summed E-state index contributed by atoms with van der Waals surface area (Å²) >= 11 is 0. The number of nitrogen functional groups attached to an aromatic ring is 2. The van der Waals surface area contributed by atoms with Crippen LogP contribution in [-0.2, 0) is 12.8 Å². The molecule has 0 spiro atoms. The second-order valence-electron chi connectivity index (χ2n) is 9.54. The highest BCUT2D eigenvalue weighted by atomic mass is 16.5. The van der Waals surface area contributed by atoms with Crippen molar-refractivity contribution in [2.45, 2.75) is 58.8 Å². The summed E-state index contributed by atoms with van der Waals surface area (Å²) in [6, 6.07) is 28.4. The molecule has 0 aliphatic heterocycles. The molecule has 0 unspecified atom stereocenters. The minimum atomic E-state index is 0.294. The number of rotatable bonds is 11. The van der Waals surface area contributed by atoms with Gasteiger partial charge in [0, 0.05) is 17.3 Å². The Kier molecular flexibility index (Phi) is 8.73. The third-order valence-corrected chi connectivity index (χ3v) is 6.64. The summed E-state index contributed by atoms with van der Waals surface area (Å²) in [4.78, 5) is 0. The van der Waals surface area contributed by atoms with E-state index < -0.39 is 0 Å². The zero-order valence-electron chi connectivity index (χ0n) is 22.2. The summed E-state index contributed by atoms with van der Waals surface area (Å²) < 4.78 is 12.5. The Morgan fingerprint density at radius 3 is 1.32 bits per heavy atom. The van der Waals surface area contributed by atoms with E-state index in [4.69, 9.17) is 20.9 Å². The molecule has 0 bridgehead atoms. The molecule has 4 nitrogen and oxygen atoms in total. The van der Waals surface area contributed by atoms with E-state index in [0.29, 0.717) is 5.92 Å². The van der Waals surface area contributed by atoms with Crippen molar-refractivity contribution in [3.63, 3.8) is 0 Å². The first kappa shape index (κ1) is 26.2. The largest absolute Gasteiger partial charge is 0.457 e. The predicted molar refractivity (Wildman–Crippen MR) is 155 cm³/mol. The highest BCUT2D eigenvalue weighted by Crippen LogP contribution is 2.36. The smallest absolute Gasteiger partial charge is 0.130 e. The first-order valence-corrected chi connectivity index (χ1v) is 13.3. The normalized spacial score (nSPS) is 11.0. The number of nitrogens with two attached hydrogens (primary N) is 2. The van der Waals surface area contributed by atoms with Crippen molar-refractivity contribution < 1.29 is 9.47 Å². The standard InChI is InChI=1S/C33H38N2O2/c1-4-7-25-21-23(9-19-32(25)36-29-15-11-27(34)12-16-29)31(6-3)24-10-20-33(26(22-24)8-5-2)37-30-17-13-28(35)14-18-30/h9-22,31H,4-8,34-35H2,1-3H3. The van der Waals surface area contributed by atoms with Gasteiger partial charge in [0.1, 0.15) is 23.0 Å². The van der Waals surface area contributed by atoms with E-state index in [-0.39, 0.29) is 0 Å². The van der Waals surface area contributed by atoms with E-state index in [1.165, 1.54) is 22.3 Å². The molecule has 37 heavy (non-hydrogen) atoms. The minimum absolute atomic E-state index is 0.294. The van der Waals surface area contributed by atoms with Crippen molar-refractivity contribution in [1.82, 2.24) is 0 Å². The number of anilines is 2. The number of ether oxygens (including phenoxy) is 2. The van der Waals surface area contributed by atoms with Gasteiger partial charge in [-0.05, 0) is 102 Å². The summed E-state index contributed by atoms with van der Waals surface area (Å²) in [7, 11) is 0. The molecule has 0 aliphatic carbocycles. The van der Waals surface area contributed by atoms with E-state index in [0.717, 1.165) is 66.5 Å². The first-order valence-electron chi connectivity index (χ1n) is 13.3. The third kappa shape index (κ3) is 6.65. The predicted octanol–water partition coefficient (Wildman–Crippen LogP) is 8.88. The maximum absolute atomic E-state index is 6.24. The summed E-state index contributed by atoms with van der Waals surface area (Å²) in [6.07, 6.45) is 5.04. The minimum Gasteiger partial charge on any atom is -0.457 e. The number of hydrogen-bond donors (Lipinski definition) is 2. The summed E-state index contributed by atoms with van der Waals surface area (Å²) in [5.74, 6) is 3.70. The molecule has 0 saturated carbocycles. The molecule has 4 N–H and O–H groups in total. The van der Waals surface area contributed by atoms with Gasteiger partial charge < -0.3 is 20.9 Å². The van der Waals surface area contributed by atoms with Crippen LogP contribution in [0.5, 0.6) is 23.0 Å². The molecule has 4 rings (SSSR count). The number of aryl methyl sites for hydroxylation is 2. The van der Waals surface area contributed by atoms with Crippen LogP contribution in [0.25, 0.3) is 0 Å². The van der Waals surface area contributed by atoms with Crippen LogP contribution in [-0.4, -0.2) is 0 Å². The zero-order valence-corrected chi connectivity index (χ0v) is 22.2. The average Bonchev–Trinajstić information content (AvgIpc) is 2.90. The van der Waals surface area contributed by atoms with Crippen LogP contribution in [0.4, 0.5) is 11.4 Å². The molecule has 4 aromatic carbocycles. The van der Waals surface area contributed by atoms with Gasteiger partial charge in [-0.25, -0.2) is 0 Å². The number of benzene rings is 4. The van der Waals surface area contributed by atoms with Crippen molar-refractivity contribution in [2.24, 2.45) is 0 Å². The van der Waals surface area contributed by atoms with E-state index >= 15 is 0 Å². The van der Waals surface area contributed by atoms with E-state index in [1.54, 1.807) is 0 Å². The van der Waals surface area contributed by atoms with Gasteiger partial charge in [0.05, 0.1) is 0 Å². The Morgan fingerprint density at radius 1 is 0.568 bits per heavy atom. The molecule has 0 saturated heterocycles. The Bertz CT molecular complexity index is 1200. The highest BCUT2D eigenvalue weighted by molar-refractivity contribution is 5.49. The SMILES string of the molecule is CCCc1cc(C(CC)c2ccc(Oc3ccc(N)cc3)c(CCC)c2)ccc1Oc1ccc(N)cc1. The van der Waals surface area contributed by atoms with Crippen molar-refractivity contribution >= 4 is 11.4 Å². The Hall–Kier alpha value is -3.92. The average molecular weight is 495 g/mol. The Labute approximate surface area is 221 Å². The lowest BCUT2D eigenvalue weighted by atomic mass is 9.86. The van der Waals surface area contributed by atoms with Gasteiger partial charge in [-0.15, -0.1) is 0 Å². The monoisotopic (exact) mass is 494 g/mol. The zero-order chi connectivity index (χ0) is 26.2. The maximum Gasteiger partial charge on any atom is 0.130 e. The fourth-order valence-corrected chi connectivity index (χ4v) is 4.75. The van der Waals surface area contributed by atoms with Gasteiger partial charge in [-0.3, -0.25) is 0 Å². The van der Waals surface area contributed by atoms with Gasteiger partial charge in [-0.2, -0.15) is 0 Å². The van der Waals surface area contributed by atoms with Crippen molar-refractivity contribution in [2.75, 3.05) is 11.5 Å². The van der Waals surface area contributed by atoms with Gasteiger partial charge in [0.25, 0.3) is 0 Å². The van der Waals surface area contributed by atoms with Crippen LogP contribution in [0.3, 0.4) is 0 Å². The summed E-state index contributed by atoms with van der Waals surface area (Å²) in [5.41, 5.74) is 18.2. The van der Waals surface area contributed by atoms with E-state index in [1.807, 2.05) is 48.5 Å². The molecule has 0 radical (unpaired) electrons. The van der Waals surface area contributed by atoms with Crippen LogP contribution in [0, 0.1) is 0 Å². The molecule has 0 atom stereocenters. The molecule has 192 valence electrons. The van der Waals surface area contributed by atoms with Gasteiger partial charge in [0.15, 0.2) is 0 Å². The summed E-state index contributed by atoms with van der Waals surface area (Å²) in [5, 5.41) is 0. The third-order valence-electron chi connectivity index (χ3n) is 6.64. The van der Waals surface area contributed by atoms with E-state index in [2.05, 4.69) is 57.2 Å². The van der Waals surface area contributed by atoms with Crippen LogP contribution >= 0.6 is 0 Å². The van der Waals surface area contributed by atoms with Crippen LogP contribution < -0.4 is 20.9 Å². The fourth-order valence-electron chi connectivity index (χ4n) is 4.75. The lowest BCUT2D eigenvalue weighted by Crippen LogP contribution is -2.04. The second-order valence-corrected chi connectivity index (χ2v) is 9.54. The topological polar surface area (TPSA) is 70.5 Å². The molecule has 0 heterocycles. The Balaban J connectivity index is 1.63. The molecular formula is C33H38N2O2. The molecule has 0 aromatic heterocycles. The molecule has 4 heteroatoms. The van der Waals surface area contributed by atoms with Crippen molar-refractivity contribution in [1.29, 1.82) is 0 Å². The quantitative estimate of drug-likeness (QED) is 0.204. The van der Waals surface area contributed by atoms with Gasteiger partial charge >= 0.3 is 0 Å². The van der Waals surface area contributed by atoms with E-state index in [9.17, 15) is 0 Å². The molecular weight excluding hydrogens is 456 g/mol. The molecule has 0 fully saturated rings. The number of hydrogen-bond acceptors (Lipinski definition) is 4. The molecule has 0 amide bonds. The van der Waals surface area contributed by atoms with Crippen LogP contribution in [0.2, 0.25) is 0 Å². The first-order chi connectivity index (χ1) is 18.0. The van der Waals surface area contributed by atoms with Crippen molar-refractivity contribution in [3.8, 4) is 23.0 Å². The second kappa shape index (κ2) is 12.4. The van der Waals surface area contributed by atoms with Crippen LogP contribution in [0.1, 0.15) is 68.2 Å². The molecule has 0 aliphatic rings. The highest BCUT2D eigenvalue weighted by Gasteiger charge is 2.17. The lowest BCUT2D eigenvalue weighted by molar-refractivity contribution is 0.475. The molecule has 4 aromatic rings. The van der Waals surface area contributed by atoms with Gasteiger partial charge in [-0.1, -0.05) is 57.9 Å².